The number of carbonyl (C=O) groups is 1. The van der Waals surface area contributed by atoms with Crippen molar-refractivity contribution >= 4 is 5.97 Å². The first kappa shape index (κ1) is 17.6. The number of nitrogens with zero attached hydrogens (tertiary/aromatic N) is 1. The number of hydrogen-bond acceptors (Lipinski definition) is 6. The fourth-order valence-electron chi connectivity index (χ4n) is 8.85. The highest BCUT2D eigenvalue weighted by molar-refractivity contribution is 5.84. The van der Waals surface area contributed by atoms with E-state index in [1.54, 1.807) is 14.2 Å². The highest BCUT2D eigenvalue weighted by Gasteiger charge is 2.90. The molecule has 2 saturated heterocycles. The molecule has 6 bridgehead atoms. The number of methoxy groups -OCH3 is 2. The van der Waals surface area contributed by atoms with E-state index >= 15 is 0 Å². The van der Waals surface area contributed by atoms with Gasteiger partial charge in [-0.25, -0.2) is 0 Å². The summed E-state index contributed by atoms with van der Waals surface area (Å²) in [5.74, 6) is 1.41. The third-order valence-electron chi connectivity index (χ3n) is 9.85. The minimum atomic E-state index is -0.879. The maximum absolute atomic E-state index is 13.3. The zero-order valence-corrected chi connectivity index (χ0v) is 17.9. The number of rotatable bonds is 2. The van der Waals surface area contributed by atoms with Crippen LogP contribution in [0.1, 0.15) is 30.9 Å². The lowest BCUT2D eigenvalue weighted by Gasteiger charge is -2.77. The lowest BCUT2D eigenvalue weighted by Crippen LogP contribution is -2.90. The zero-order chi connectivity index (χ0) is 20.7. The van der Waals surface area contributed by atoms with Crippen LogP contribution in [0.4, 0.5) is 0 Å². The number of likely N-dealkylation sites (N-methyl/N-ethyl adjacent to an activating group) is 1. The van der Waals surface area contributed by atoms with Gasteiger partial charge in [-0.15, -0.1) is 0 Å². The number of esters is 1. The molecule has 1 aromatic carbocycles. The van der Waals surface area contributed by atoms with E-state index < -0.39 is 16.6 Å². The van der Waals surface area contributed by atoms with Crippen LogP contribution in [-0.2, 0) is 26.1 Å². The highest BCUT2D eigenvalue weighted by atomic mass is 16.6. The van der Waals surface area contributed by atoms with Crippen LogP contribution < -0.4 is 9.47 Å². The normalized spacial score (nSPS) is 48.8. The van der Waals surface area contributed by atoms with Gasteiger partial charge in [0.1, 0.15) is 17.6 Å². The van der Waals surface area contributed by atoms with Crippen molar-refractivity contribution in [2.24, 2.45) is 10.8 Å². The number of likely N-dealkylation sites (tertiary alicyclic amines) is 1. The van der Waals surface area contributed by atoms with Gasteiger partial charge in [-0.2, -0.15) is 0 Å². The standard InChI is InChI=1S/C24H27NO5/c1-20-12-21-7-8-23(20,28-4)24(13-29-19(20)26)22(21)9-10-25(2)16(21)11-14-5-6-15(27-3)18(30-24)17(14)22/h5-8,16H,9-13H2,1-4H3/t16-,20-,21+,22-,23+,24-/m1/s1. The van der Waals surface area contributed by atoms with Gasteiger partial charge in [0.05, 0.1) is 12.5 Å². The predicted molar refractivity (Wildman–Crippen MR) is 108 cm³/mol. The summed E-state index contributed by atoms with van der Waals surface area (Å²) in [5.41, 5.74) is -0.389. The second kappa shape index (κ2) is 4.73. The van der Waals surface area contributed by atoms with E-state index in [0.29, 0.717) is 12.5 Å². The molecular weight excluding hydrogens is 382 g/mol. The third kappa shape index (κ3) is 1.29. The molecule has 0 unspecified atom stereocenters. The van der Waals surface area contributed by atoms with Gasteiger partial charge >= 0.3 is 5.97 Å². The molecule has 8 rings (SSSR count). The van der Waals surface area contributed by atoms with Crippen LogP contribution in [0.15, 0.2) is 24.3 Å². The quantitative estimate of drug-likeness (QED) is 0.552. The molecule has 6 heteroatoms. The molecule has 3 spiro atoms. The molecule has 0 amide bonds. The second-order valence-electron chi connectivity index (χ2n) is 10.3. The van der Waals surface area contributed by atoms with E-state index in [9.17, 15) is 4.79 Å². The summed E-state index contributed by atoms with van der Waals surface area (Å²) in [6.07, 6.45) is 7.13. The molecule has 3 heterocycles. The van der Waals surface area contributed by atoms with Gasteiger partial charge in [-0.3, -0.25) is 4.79 Å². The van der Waals surface area contributed by atoms with E-state index in [1.165, 1.54) is 11.1 Å². The van der Waals surface area contributed by atoms with Crippen molar-refractivity contribution in [3.05, 3.63) is 35.4 Å². The Balaban J connectivity index is 1.67. The fraction of sp³-hybridized carbons (Fsp3) is 0.625. The van der Waals surface area contributed by atoms with Crippen molar-refractivity contribution in [2.75, 3.05) is 34.4 Å². The maximum atomic E-state index is 13.3. The van der Waals surface area contributed by atoms with Gasteiger partial charge in [-0.1, -0.05) is 18.2 Å². The van der Waals surface area contributed by atoms with E-state index in [2.05, 4.69) is 30.2 Å². The molecule has 0 N–H and O–H groups in total. The number of hydrogen-bond donors (Lipinski definition) is 0. The van der Waals surface area contributed by atoms with Crippen molar-refractivity contribution in [3.8, 4) is 11.5 Å². The SMILES string of the molecule is COc1ccc2c3c1O[C@@]14COC(=O)[C@@]5(C)C[C@@]6(C=C[C@@]15OC)[C@@H](C2)N(C)CC[C@]346. The van der Waals surface area contributed by atoms with Crippen LogP contribution in [0, 0.1) is 10.8 Å². The molecule has 1 aromatic rings. The predicted octanol–water partition coefficient (Wildman–Crippen LogP) is 2.23. The molecule has 1 saturated carbocycles. The first-order valence-corrected chi connectivity index (χ1v) is 10.9. The van der Waals surface area contributed by atoms with Crippen LogP contribution in [0.2, 0.25) is 0 Å². The summed E-state index contributed by atoms with van der Waals surface area (Å²) in [4.78, 5) is 15.8. The Kier molecular flexibility index (Phi) is 2.78. The minimum Gasteiger partial charge on any atom is -0.493 e. The number of benzene rings is 1. The Morgan fingerprint density at radius 1 is 1.23 bits per heavy atom. The molecule has 0 radical (unpaired) electrons. The number of carbonyl (C=O) groups excluding carboxylic acids is 1. The molecule has 6 atom stereocenters. The molecule has 7 aliphatic rings. The molecule has 3 fully saturated rings. The van der Waals surface area contributed by atoms with Gasteiger partial charge in [0.25, 0.3) is 0 Å². The fourth-order valence-corrected chi connectivity index (χ4v) is 8.85. The van der Waals surface area contributed by atoms with Gasteiger partial charge in [0.2, 0.25) is 0 Å². The molecule has 6 nitrogen and oxygen atoms in total. The van der Waals surface area contributed by atoms with E-state index in [-0.39, 0.29) is 23.4 Å². The summed E-state index contributed by atoms with van der Waals surface area (Å²) < 4.78 is 25.1. The zero-order valence-electron chi connectivity index (χ0n) is 17.9. The van der Waals surface area contributed by atoms with Crippen LogP contribution >= 0.6 is 0 Å². The average molecular weight is 409 g/mol. The molecule has 30 heavy (non-hydrogen) atoms. The Morgan fingerprint density at radius 3 is 2.83 bits per heavy atom. The monoisotopic (exact) mass is 409 g/mol. The molecule has 4 aliphatic carbocycles. The van der Waals surface area contributed by atoms with Gasteiger partial charge in [0.15, 0.2) is 17.1 Å². The first-order chi connectivity index (χ1) is 14.4. The molecule has 158 valence electrons. The minimum absolute atomic E-state index is 0.174. The van der Waals surface area contributed by atoms with Crippen molar-refractivity contribution in [2.45, 2.75) is 48.8 Å². The van der Waals surface area contributed by atoms with Crippen molar-refractivity contribution in [1.82, 2.24) is 4.90 Å². The van der Waals surface area contributed by atoms with Crippen LogP contribution in [-0.4, -0.2) is 62.5 Å². The number of ether oxygens (including phenoxy) is 4. The summed E-state index contributed by atoms with van der Waals surface area (Å²) in [7, 11) is 5.64. The van der Waals surface area contributed by atoms with E-state index in [1.807, 2.05) is 13.0 Å². The van der Waals surface area contributed by atoms with Crippen molar-refractivity contribution in [3.63, 3.8) is 0 Å². The average Bonchev–Trinajstić information content (AvgIpc) is 3.05. The van der Waals surface area contributed by atoms with Gasteiger partial charge in [-0.05, 0) is 51.4 Å². The van der Waals surface area contributed by atoms with E-state index in [4.69, 9.17) is 18.9 Å². The number of piperidine rings is 1. The Hall–Kier alpha value is -2.05. The maximum Gasteiger partial charge on any atom is 0.315 e. The second-order valence-corrected chi connectivity index (χ2v) is 10.3. The lowest BCUT2D eigenvalue weighted by atomic mass is 9.30. The lowest BCUT2D eigenvalue weighted by molar-refractivity contribution is -0.322. The Bertz CT molecular complexity index is 1070. The third-order valence-corrected chi connectivity index (χ3v) is 9.85. The van der Waals surface area contributed by atoms with Crippen LogP contribution in [0.5, 0.6) is 11.5 Å². The van der Waals surface area contributed by atoms with Gasteiger partial charge < -0.3 is 23.8 Å². The smallest absolute Gasteiger partial charge is 0.315 e. The van der Waals surface area contributed by atoms with Crippen molar-refractivity contribution in [1.29, 1.82) is 0 Å². The van der Waals surface area contributed by atoms with Crippen LogP contribution in [0.25, 0.3) is 0 Å². The summed E-state index contributed by atoms with van der Waals surface area (Å²) in [6, 6.07) is 4.54. The highest BCUT2D eigenvalue weighted by Crippen LogP contribution is 2.81. The van der Waals surface area contributed by atoms with E-state index in [0.717, 1.165) is 30.9 Å². The summed E-state index contributed by atoms with van der Waals surface area (Å²) >= 11 is 0. The molecular formula is C24H27NO5. The van der Waals surface area contributed by atoms with Crippen LogP contribution in [0.3, 0.4) is 0 Å². The summed E-state index contributed by atoms with van der Waals surface area (Å²) in [5, 5.41) is 0. The summed E-state index contributed by atoms with van der Waals surface area (Å²) in [6.45, 7) is 3.20. The topological polar surface area (TPSA) is 57.2 Å². The first-order valence-electron chi connectivity index (χ1n) is 10.9. The molecule has 0 aromatic heterocycles. The molecule has 3 aliphatic heterocycles. The number of cyclic esters (lactones) is 1. The largest absolute Gasteiger partial charge is 0.493 e. The Labute approximate surface area is 176 Å². The van der Waals surface area contributed by atoms with Gasteiger partial charge in [0, 0.05) is 24.1 Å². The van der Waals surface area contributed by atoms with Crippen molar-refractivity contribution < 1.29 is 23.7 Å². The Morgan fingerprint density at radius 2 is 2.07 bits per heavy atom.